The molecule has 1 saturated heterocycles. The Labute approximate surface area is 247 Å². The molecule has 0 saturated carbocycles. The van der Waals surface area contributed by atoms with Gasteiger partial charge in [0, 0.05) is 26.2 Å². The minimum atomic E-state index is -0.920. The van der Waals surface area contributed by atoms with Crippen molar-refractivity contribution < 1.29 is 43.1 Å². The summed E-state index contributed by atoms with van der Waals surface area (Å²) in [5, 5.41) is 11.2. The summed E-state index contributed by atoms with van der Waals surface area (Å²) in [6, 6.07) is 13.5. The van der Waals surface area contributed by atoms with E-state index in [1.54, 1.807) is 28.1 Å². The van der Waals surface area contributed by atoms with E-state index < -0.39 is 37.0 Å². The number of amides is 1. The van der Waals surface area contributed by atoms with Crippen molar-refractivity contribution in [3.8, 4) is 11.5 Å². The van der Waals surface area contributed by atoms with Crippen molar-refractivity contribution in [1.82, 2.24) is 4.90 Å². The van der Waals surface area contributed by atoms with Gasteiger partial charge in [0.15, 0.2) is 0 Å². The summed E-state index contributed by atoms with van der Waals surface area (Å²) in [6.07, 6.45) is -1.25. The summed E-state index contributed by atoms with van der Waals surface area (Å²) in [5.74, 6) is 0.337. The van der Waals surface area contributed by atoms with Crippen LogP contribution in [0.2, 0.25) is 0 Å². The molecule has 2 aliphatic heterocycles. The zero-order valence-electron chi connectivity index (χ0n) is 24.8. The number of anilines is 1. The number of fused-ring (bicyclic) bond motifs is 1. The summed E-state index contributed by atoms with van der Waals surface area (Å²) >= 11 is 0. The van der Waals surface area contributed by atoms with Crippen LogP contribution in [0, 0.1) is 5.92 Å². The molecule has 2 aliphatic rings. The number of likely N-dealkylation sites (tertiary alicyclic amines) is 1. The molecule has 0 aromatic heterocycles. The number of aliphatic hydroxyl groups excluding tert-OH is 1. The second-order valence-electron chi connectivity index (χ2n) is 10.8. The van der Waals surface area contributed by atoms with E-state index in [1.807, 2.05) is 36.4 Å². The maximum atomic E-state index is 12.8. The van der Waals surface area contributed by atoms with Crippen LogP contribution in [0.4, 0.5) is 10.5 Å². The standard InChI is InChI=1S/C31H42N2O9/c1-21(2)30(35)41-20-42-31(36)33-17-26(34)29(23-7-9-24(38-4)10-8-23)28(18-33)40-19-22-6-11-27-25(16-22)32(13-15-39-27)12-5-14-37-3/h6-11,16,21,26,28-29,34H,5,12-15,17-20H2,1-4H3/t26-,28+,29+/m1/s1. The molecule has 1 amide bonds. The van der Waals surface area contributed by atoms with Gasteiger partial charge in [-0.2, -0.15) is 0 Å². The molecule has 11 nitrogen and oxygen atoms in total. The number of nitrogens with zero attached hydrogens (tertiary/aromatic N) is 2. The summed E-state index contributed by atoms with van der Waals surface area (Å²) in [5.41, 5.74) is 2.82. The number of methoxy groups -OCH3 is 2. The third-order valence-corrected chi connectivity index (χ3v) is 7.46. The predicted molar refractivity (Wildman–Crippen MR) is 155 cm³/mol. The van der Waals surface area contributed by atoms with E-state index in [4.69, 9.17) is 28.4 Å². The van der Waals surface area contributed by atoms with E-state index in [0.29, 0.717) is 19.0 Å². The number of benzene rings is 2. The number of hydrogen-bond donors (Lipinski definition) is 1. The molecule has 2 heterocycles. The average molecular weight is 587 g/mol. The number of carbonyl (C=O) groups is 2. The molecule has 0 aliphatic carbocycles. The van der Waals surface area contributed by atoms with Crippen molar-refractivity contribution in [3.05, 3.63) is 53.6 Å². The van der Waals surface area contributed by atoms with Crippen LogP contribution < -0.4 is 14.4 Å². The first-order valence-electron chi connectivity index (χ1n) is 14.3. The van der Waals surface area contributed by atoms with Crippen LogP contribution in [-0.2, 0) is 30.3 Å². The zero-order valence-corrected chi connectivity index (χ0v) is 24.8. The molecule has 0 unspecified atom stereocenters. The van der Waals surface area contributed by atoms with E-state index in [2.05, 4.69) is 11.0 Å². The first-order valence-corrected chi connectivity index (χ1v) is 14.3. The molecular formula is C31H42N2O9. The Morgan fingerprint density at radius 1 is 1.07 bits per heavy atom. The average Bonchev–Trinajstić information content (AvgIpc) is 2.99. The highest BCUT2D eigenvalue weighted by atomic mass is 16.7. The molecule has 2 aromatic rings. The molecule has 0 radical (unpaired) electrons. The van der Waals surface area contributed by atoms with Gasteiger partial charge in [0.1, 0.15) is 18.1 Å². The fourth-order valence-corrected chi connectivity index (χ4v) is 5.20. The second kappa shape index (κ2) is 15.1. The van der Waals surface area contributed by atoms with E-state index in [9.17, 15) is 14.7 Å². The summed E-state index contributed by atoms with van der Waals surface area (Å²) in [7, 11) is 3.30. The van der Waals surface area contributed by atoms with Crippen LogP contribution in [0.25, 0.3) is 0 Å². The maximum Gasteiger partial charge on any atom is 0.412 e. The van der Waals surface area contributed by atoms with Gasteiger partial charge in [0.05, 0.1) is 57.2 Å². The first kappa shape index (κ1) is 31.4. The van der Waals surface area contributed by atoms with Gasteiger partial charge in [0.2, 0.25) is 6.79 Å². The van der Waals surface area contributed by atoms with Crippen LogP contribution in [0.5, 0.6) is 11.5 Å². The van der Waals surface area contributed by atoms with E-state index >= 15 is 0 Å². The lowest BCUT2D eigenvalue weighted by atomic mass is 9.84. The van der Waals surface area contributed by atoms with Crippen LogP contribution in [-0.4, -0.2) is 94.7 Å². The van der Waals surface area contributed by atoms with Crippen LogP contribution in [0.15, 0.2) is 42.5 Å². The van der Waals surface area contributed by atoms with Gasteiger partial charge >= 0.3 is 12.1 Å². The number of ether oxygens (including phenoxy) is 6. The predicted octanol–water partition coefficient (Wildman–Crippen LogP) is 3.57. The largest absolute Gasteiger partial charge is 0.497 e. The van der Waals surface area contributed by atoms with Crippen molar-refractivity contribution in [2.24, 2.45) is 5.92 Å². The monoisotopic (exact) mass is 586 g/mol. The molecule has 230 valence electrons. The number of hydrogen-bond acceptors (Lipinski definition) is 10. The molecule has 1 N–H and O–H groups in total. The third-order valence-electron chi connectivity index (χ3n) is 7.46. The molecule has 3 atom stereocenters. The van der Waals surface area contributed by atoms with Crippen LogP contribution in [0.3, 0.4) is 0 Å². The van der Waals surface area contributed by atoms with Gasteiger partial charge in [0.25, 0.3) is 0 Å². The van der Waals surface area contributed by atoms with Gasteiger partial charge in [-0.1, -0.05) is 32.0 Å². The smallest absolute Gasteiger partial charge is 0.412 e. The van der Waals surface area contributed by atoms with Gasteiger partial charge in [-0.15, -0.1) is 0 Å². The highest BCUT2D eigenvalue weighted by Crippen LogP contribution is 2.35. The Morgan fingerprint density at radius 2 is 1.86 bits per heavy atom. The van der Waals surface area contributed by atoms with E-state index in [1.165, 1.54) is 4.90 Å². The van der Waals surface area contributed by atoms with E-state index in [0.717, 1.165) is 42.1 Å². The fraction of sp³-hybridized carbons (Fsp3) is 0.548. The van der Waals surface area contributed by atoms with Crippen molar-refractivity contribution in [3.63, 3.8) is 0 Å². The first-order chi connectivity index (χ1) is 20.3. The lowest BCUT2D eigenvalue weighted by Gasteiger charge is -2.41. The topological polar surface area (TPSA) is 116 Å². The van der Waals surface area contributed by atoms with Crippen molar-refractivity contribution >= 4 is 17.7 Å². The Bertz CT molecular complexity index is 1170. The lowest BCUT2D eigenvalue weighted by molar-refractivity contribution is -0.156. The Balaban J connectivity index is 1.48. The lowest BCUT2D eigenvalue weighted by Crippen LogP contribution is -2.53. The quantitative estimate of drug-likeness (QED) is 0.225. The SMILES string of the molecule is COCCCN1CCOc2ccc(CO[C@H]3CN(C(=O)OCOC(=O)C(C)C)C[C@@H](O)[C@@H]3c3ccc(OC)cc3)cc21. The van der Waals surface area contributed by atoms with E-state index in [-0.39, 0.29) is 25.6 Å². The van der Waals surface area contributed by atoms with Crippen molar-refractivity contribution in [2.45, 2.75) is 45.0 Å². The molecule has 1 fully saturated rings. The highest BCUT2D eigenvalue weighted by Gasteiger charge is 2.40. The number of esters is 1. The van der Waals surface area contributed by atoms with Crippen molar-refractivity contribution in [2.75, 3.05) is 65.3 Å². The number of carbonyl (C=O) groups excluding carboxylic acids is 2. The zero-order chi connectivity index (χ0) is 30.1. The molecule has 0 spiro atoms. The minimum Gasteiger partial charge on any atom is -0.497 e. The Kier molecular flexibility index (Phi) is 11.3. The number of piperidine rings is 1. The van der Waals surface area contributed by atoms with Gasteiger partial charge in [-0.25, -0.2) is 4.79 Å². The van der Waals surface area contributed by atoms with Crippen molar-refractivity contribution in [1.29, 1.82) is 0 Å². The number of rotatable bonds is 12. The number of β-amino-alcohol motifs (C(OH)–C–C–N with tert-alkyl or cyclic N) is 1. The second-order valence-corrected chi connectivity index (χ2v) is 10.8. The molecule has 2 aromatic carbocycles. The maximum absolute atomic E-state index is 12.8. The molecule has 42 heavy (non-hydrogen) atoms. The summed E-state index contributed by atoms with van der Waals surface area (Å²) < 4.78 is 33.0. The molecule has 11 heteroatoms. The molecule has 0 bridgehead atoms. The van der Waals surface area contributed by atoms with Gasteiger partial charge < -0.3 is 43.3 Å². The van der Waals surface area contributed by atoms with Gasteiger partial charge in [-0.3, -0.25) is 4.79 Å². The normalized spacial score (nSPS) is 20.1. The molecular weight excluding hydrogens is 544 g/mol. The summed E-state index contributed by atoms with van der Waals surface area (Å²) in [6.45, 7) is 6.34. The highest BCUT2D eigenvalue weighted by molar-refractivity contribution is 5.72. The fourth-order valence-electron chi connectivity index (χ4n) is 5.20. The molecule has 4 rings (SSSR count). The summed E-state index contributed by atoms with van der Waals surface area (Å²) in [4.78, 5) is 28.3. The third kappa shape index (κ3) is 8.05. The Morgan fingerprint density at radius 3 is 2.57 bits per heavy atom. The van der Waals surface area contributed by atoms with Crippen LogP contribution >= 0.6 is 0 Å². The number of aliphatic hydroxyl groups is 1. The Hall–Kier alpha value is -3.54. The van der Waals surface area contributed by atoms with Crippen LogP contribution in [0.1, 0.15) is 37.3 Å². The van der Waals surface area contributed by atoms with Gasteiger partial charge in [-0.05, 0) is 41.8 Å². The minimum absolute atomic E-state index is 0.0418.